The molecule has 4 aromatic rings. The number of thiazole rings is 1. The third kappa shape index (κ3) is 5.02. The summed E-state index contributed by atoms with van der Waals surface area (Å²) < 4.78 is 42.5. The number of aryl methyl sites for hydroxylation is 3. The molecule has 6 atom stereocenters. The van der Waals surface area contributed by atoms with E-state index in [4.69, 9.17) is 9.97 Å². The number of aliphatic hydroxyl groups is 3. The molecule has 14 heteroatoms. The van der Waals surface area contributed by atoms with Gasteiger partial charge in [0.2, 0.25) is 5.95 Å². The molecule has 0 aliphatic heterocycles. The van der Waals surface area contributed by atoms with Crippen LogP contribution in [0.4, 0.5) is 24.9 Å². The van der Waals surface area contributed by atoms with E-state index in [1.54, 1.807) is 0 Å². The molecule has 2 aliphatic rings. The Morgan fingerprint density at radius 2 is 1.74 bits per heavy atom. The van der Waals surface area contributed by atoms with Crippen molar-refractivity contribution in [1.29, 1.82) is 0 Å². The molecular weight excluding hydrogens is 573 g/mol. The first kappa shape index (κ1) is 28.5. The highest BCUT2D eigenvalue weighted by atomic mass is 32.1. The Labute approximate surface area is 242 Å². The number of aromatic nitrogens is 4. The molecule has 222 valence electrons. The van der Waals surface area contributed by atoms with Gasteiger partial charge < -0.3 is 30.7 Å². The molecule has 2 saturated carbocycles. The van der Waals surface area contributed by atoms with Gasteiger partial charge >= 0.3 is 6.36 Å². The van der Waals surface area contributed by atoms with E-state index in [1.807, 2.05) is 33.8 Å². The number of pyridine rings is 1. The van der Waals surface area contributed by atoms with Crippen LogP contribution in [0, 0.1) is 26.7 Å². The highest BCUT2D eigenvalue weighted by Crippen LogP contribution is 2.56. The van der Waals surface area contributed by atoms with E-state index in [1.165, 1.54) is 35.6 Å². The van der Waals surface area contributed by atoms with Gasteiger partial charge in [0, 0.05) is 11.6 Å². The minimum atomic E-state index is -4.78. The summed E-state index contributed by atoms with van der Waals surface area (Å²) in [6.45, 7) is 7.43. The summed E-state index contributed by atoms with van der Waals surface area (Å²) in [5.74, 6) is -0.126. The van der Waals surface area contributed by atoms with Crippen LogP contribution in [0.15, 0.2) is 30.3 Å². The molecule has 0 bridgehead atoms. The molecule has 2 aliphatic carbocycles. The molecular formula is C28H29F3N6O4S. The van der Waals surface area contributed by atoms with Gasteiger partial charge in [-0.05, 0) is 57.9 Å². The molecule has 10 nitrogen and oxygen atoms in total. The van der Waals surface area contributed by atoms with Crippen LogP contribution in [0.2, 0.25) is 0 Å². The van der Waals surface area contributed by atoms with Gasteiger partial charge in [-0.1, -0.05) is 12.1 Å². The quantitative estimate of drug-likeness (QED) is 0.206. The van der Waals surface area contributed by atoms with Crippen molar-refractivity contribution >= 4 is 33.3 Å². The highest BCUT2D eigenvalue weighted by molar-refractivity contribution is 7.21. The molecule has 0 amide bonds. The molecule has 3 aromatic heterocycles. The lowest BCUT2D eigenvalue weighted by Gasteiger charge is -2.25. The van der Waals surface area contributed by atoms with Gasteiger partial charge in [0.15, 0.2) is 0 Å². The minimum Gasteiger partial charge on any atom is -0.406 e. The standard InChI is InChI=1S/C28H29F3N6O4S/c1-11-9-19-21(14(4)32-11)36-25(42-19)20-13(3)34-26(33-12(2)15-5-7-16(8-6-15)41-28(29,30)31)37-24(20)35-18-10-17-22(38)27(17,40)23(18)39/h5-9,12,17-18,22-23,38-40H,10H2,1-4H3,(H2,33,34,35,37)/t12?,17-,18-,22?,23+,27+/m1/s1. The number of alkyl halides is 3. The maximum atomic E-state index is 12.5. The number of rotatable bonds is 7. The molecule has 1 aromatic carbocycles. The van der Waals surface area contributed by atoms with Crippen molar-refractivity contribution in [2.24, 2.45) is 5.92 Å². The van der Waals surface area contributed by atoms with Crippen LogP contribution in [0.3, 0.4) is 0 Å². The van der Waals surface area contributed by atoms with E-state index in [9.17, 15) is 28.5 Å². The fourth-order valence-corrected chi connectivity index (χ4v) is 6.98. The number of anilines is 2. The third-order valence-electron chi connectivity index (χ3n) is 7.97. The molecule has 0 saturated heterocycles. The van der Waals surface area contributed by atoms with Gasteiger partial charge in [0.05, 0.1) is 39.8 Å². The van der Waals surface area contributed by atoms with Gasteiger partial charge in [-0.3, -0.25) is 4.98 Å². The van der Waals surface area contributed by atoms with Crippen molar-refractivity contribution in [3.8, 4) is 16.3 Å². The molecule has 3 heterocycles. The number of hydrogen-bond acceptors (Lipinski definition) is 11. The van der Waals surface area contributed by atoms with Crippen molar-refractivity contribution in [3.05, 3.63) is 53.0 Å². The molecule has 2 fully saturated rings. The predicted molar refractivity (Wildman–Crippen MR) is 150 cm³/mol. The summed E-state index contributed by atoms with van der Waals surface area (Å²) >= 11 is 1.46. The Morgan fingerprint density at radius 3 is 2.38 bits per heavy atom. The second-order valence-electron chi connectivity index (χ2n) is 10.9. The fraction of sp³-hybridized carbons (Fsp3) is 0.429. The van der Waals surface area contributed by atoms with E-state index in [0.29, 0.717) is 34.1 Å². The number of fused-ring (bicyclic) bond motifs is 2. The summed E-state index contributed by atoms with van der Waals surface area (Å²) in [7, 11) is 0. The average molecular weight is 603 g/mol. The van der Waals surface area contributed by atoms with Gasteiger partial charge in [-0.2, -0.15) is 4.98 Å². The summed E-state index contributed by atoms with van der Waals surface area (Å²) in [6.07, 6.45) is -6.61. The highest BCUT2D eigenvalue weighted by Gasteiger charge is 2.74. The third-order valence-corrected chi connectivity index (χ3v) is 8.99. The largest absolute Gasteiger partial charge is 0.573 e. The topological polar surface area (TPSA) is 146 Å². The molecule has 42 heavy (non-hydrogen) atoms. The van der Waals surface area contributed by atoms with Crippen LogP contribution in [0.5, 0.6) is 5.75 Å². The van der Waals surface area contributed by atoms with Gasteiger partial charge in [-0.15, -0.1) is 24.5 Å². The Morgan fingerprint density at radius 1 is 1.02 bits per heavy atom. The number of halogens is 3. The van der Waals surface area contributed by atoms with Gasteiger partial charge in [0.25, 0.3) is 0 Å². The minimum absolute atomic E-state index is 0.244. The first-order valence-electron chi connectivity index (χ1n) is 13.4. The molecule has 5 N–H and O–H groups in total. The number of hydrogen-bond donors (Lipinski definition) is 5. The monoisotopic (exact) mass is 602 g/mol. The Bertz CT molecular complexity index is 1670. The lowest BCUT2D eigenvalue weighted by molar-refractivity contribution is -0.274. The fourth-order valence-electron chi connectivity index (χ4n) is 5.76. The second kappa shape index (κ2) is 10.0. The van der Waals surface area contributed by atoms with Crippen molar-refractivity contribution in [2.45, 2.75) is 70.4 Å². The van der Waals surface area contributed by atoms with Crippen molar-refractivity contribution in [3.63, 3.8) is 0 Å². The normalized spacial score (nSPS) is 25.8. The molecule has 0 spiro atoms. The summed E-state index contributed by atoms with van der Waals surface area (Å²) in [6, 6.07) is 6.51. The van der Waals surface area contributed by atoms with Gasteiger partial charge in [0.1, 0.15) is 33.8 Å². The lowest BCUT2D eigenvalue weighted by atomic mass is 10.1. The molecule has 2 unspecified atom stereocenters. The summed E-state index contributed by atoms with van der Waals surface area (Å²) in [5, 5.41) is 38.6. The summed E-state index contributed by atoms with van der Waals surface area (Å²) in [4.78, 5) is 18.7. The number of benzene rings is 1. The first-order chi connectivity index (χ1) is 19.7. The maximum absolute atomic E-state index is 12.5. The smallest absolute Gasteiger partial charge is 0.406 e. The zero-order chi connectivity index (χ0) is 30.1. The molecule has 6 rings (SSSR count). The number of aliphatic hydroxyl groups excluding tert-OH is 2. The van der Waals surface area contributed by atoms with Gasteiger partial charge in [-0.25, -0.2) is 9.97 Å². The average Bonchev–Trinajstić information content (AvgIpc) is 3.16. The van der Waals surface area contributed by atoms with Crippen molar-refractivity contribution in [2.75, 3.05) is 10.6 Å². The lowest BCUT2D eigenvalue weighted by Crippen LogP contribution is -2.42. The van der Waals surface area contributed by atoms with E-state index in [2.05, 4.69) is 25.3 Å². The Kier molecular flexibility index (Phi) is 6.79. The SMILES string of the molecule is Cc1cc2sc(-c3c(C)nc(NC(C)c4ccc(OC(F)(F)F)cc4)nc3N[C@@H]3C[C@@H]4C(O)[C@]4(O)[C@H]3O)nc2c(C)n1. The summed E-state index contributed by atoms with van der Waals surface area (Å²) in [5.41, 5.74) is 2.77. The van der Waals surface area contributed by atoms with E-state index in [-0.39, 0.29) is 17.7 Å². The number of nitrogens with zero attached hydrogens (tertiary/aromatic N) is 4. The van der Waals surface area contributed by atoms with Crippen LogP contribution in [0.25, 0.3) is 20.8 Å². The predicted octanol–water partition coefficient (Wildman–Crippen LogP) is 4.41. The number of nitrogens with one attached hydrogen (secondary N) is 2. The van der Waals surface area contributed by atoms with Crippen LogP contribution < -0.4 is 15.4 Å². The van der Waals surface area contributed by atoms with Crippen molar-refractivity contribution in [1.82, 2.24) is 19.9 Å². The van der Waals surface area contributed by atoms with Crippen LogP contribution in [-0.4, -0.2) is 65.5 Å². The zero-order valence-electron chi connectivity index (χ0n) is 23.1. The Hall–Kier alpha value is -3.59. The Balaban J connectivity index is 1.33. The van der Waals surface area contributed by atoms with Crippen LogP contribution in [-0.2, 0) is 0 Å². The molecule has 0 radical (unpaired) electrons. The number of ether oxygens (including phenoxy) is 1. The van der Waals surface area contributed by atoms with Crippen molar-refractivity contribution < 1.29 is 33.2 Å². The van der Waals surface area contributed by atoms with Crippen LogP contribution in [0.1, 0.15) is 42.0 Å². The first-order valence-corrected chi connectivity index (χ1v) is 14.2. The van der Waals surface area contributed by atoms with E-state index >= 15 is 0 Å². The van der Waals surface area contributed by atoms with E-state index < -0.39 is 36.1 Å². The zero-order valence-corrected chi connectivity index (χ0v) is 23.9. The maximum Gasteiger partial charge on any atom is 0.573 e. The van der Waals surface area contributed by atoms with E-state index in [0.717, 1.165) is 21.6 Å². The second-order valence-corrected chi connectivity index (χ2v) is 12.0. The van der Waals surface area contributed by atoms with Crippen LogP contribution >= 0.6 is 11.3 Å².